The summed E-state index contributed by atoms with van der Waals surface area (Å²) < 4.78 is 6.71. The van der Waals surface area contributed by atoms with Crippen LogP contribution in [0.4, 0.5) is 17.1 Å². The quantitative estimate of drug-likeness (QED) is 0.217. The molecule has 2 heteroatoms. The van der Waals surface area contributed by atoms with Crippen LogP contribution in [0.5, 0.6) is 0 Å². The van der Waals surface area contributed by atoms with Crippen LogP contribution < -0.4 is 4.90 Å². The van der Waals surface area contributed by atoms with Gasteiger partial charge in [-0.1, -0.05) is 121 Å². The van der Waals surface area contributed by atoms with Gasteiger partial charge in [-0.05, 0) is 69.9 Å². The van der Waals surface area contributed by atoms with Crippen molar-refractivity contribution in [1.82, 2.24) is 0 Å². The highest BCUT2D eigenvalue weighted by molar-refractivity contribution is 6.23. The molecule has 1 heterocycles. The van der Waals surface area contributed by atoms with Gasteiger partial charge in [0, 0.05) is 33.4 Å². The molecular formula is C40H27NO. The third-order valence-electron chi connectivity index (χ3n) is 8.05. The number of rotatable bonds is 5. The standard InChI is InChI=1S/C40H27NO/c1-4-13-28(14-5-1)37-27-38-39(35-20-11-10-19-34(35)37)36-22-12-21-33(40(36)42-38)29-23-25-32(26-24-29)41(30-15-6-2-7-16-30)31-17-8-3-9-18-31/h1-27H. The average molecular weight is 538 g/mol. The normalized spacial score (nSPS) is 11.3. The molecule has 42 heavy (non-hydrogen) atoms. The summed E-state index contributed by atoms with van der Waals surface area (Å²) in [6.45, 7) is 0. The summed E-state index contributed by atoms with van der Waals surface area (Å²) in [5.74, 6) is 0. The highest BCUT2D eigenvalue weighted by Crippen LogP contribution is 2.43. The SMILES string of the molecule is c1ccc(-c2cc3oc4c(-c5ccc(N(c6ccccc6)c6ccccc6)cc5)cccc4c3c3ccccc23)cc1. The summed E-state index contributed by atoms with van der Waals surface area (Å²) in [6.07, 6.45) is 0. The summed E-state index contributed by atoms with van der Waals surface area (Å²) in [5, 5.41) is 4.74. The van der Waals surface area contributed by atoms with Gasteiger partial charge in [-0.15, -0.1) is 0 Å². The molecule has 0 spiro atoms. The molecule has 2 nitrogen and oxygen atoms in total. The third-order valence-corrected chi connectivity index (χ3v) is 8.05. The number of nitrogens with zero attached hydrogens (tertiary/aromatic N) is 1. The number of para-hydroxylation sites is 3. The van der Waals surface area contributed by atoms with Crippen LogP contribution in [0, 0.1) is 0 Å². The molecule has 0 radical (unpaired) electrons. The predicted octanol–water partition coefficient (Wildman–Crippen LogP) is 11.5. The van der Waals surface area contributed by atoms with Gasteiger partial charge in [0.15, 0.2) is 0 Å². The van der Waals surface area contributed by atoms with Crippen molar-refractivity contribution in [1.29, 1.82) is 0 Å². The van der Waals surface area contributed by atoms with Crippen molar-refractivity contribution in [3.63, 3.8) is 0 Å². The molecule has 0 fully saturated rings. The van der Waals surface area contributed by atoms with Crippen molar-refractivity contribution in [2.24, 2.45) is 0 Å². The number of anilines is 3. The van der Waals surface area contributed by atoms with Gasteiger partial charge in [0.25, 0.3) is 0 Å². The molecule has 0 N–H and O–H groups in total. The lowest BCUT2D eigenvalue weighted by atomic mass is 9.94. The Labute approximate surface area is 244 Å². The van der Waals surface area contributed by atoms with E-state index in [-0.39, 0.29) is 0 Å². The second-order valence-electron chi connectivity index (χ2n) is 10.5. The summed E-state index contributed by atoms with van der Waals surface area (Å²) in [4.78, 5) is 2.28. The van der Waals surface area contributed by atoms with Crippen LogP contribution in [0.2, 0.25) is 0 Å². The maximum absolute atomic E-state index is 6.71. The van der Waals surface area contributed by atoms with E-state index >= 15 is 0 Å². The Morgan fingerprint density at radius 1 is 0.381 bits per heavy atom. The van der Waals surface area contributed by atoms with Gasteiger partial charge in [0.05, 0.1) is 0 Å². The molecule has 0 atom stereocenters. The van der Waals surface area contributed by atoms with E-state index in [1.165, 1.54) is 21.9 Å². The Morgan fingerprint density at radius 2 is 0.905 bits per heavy atom. The zero-order chi connectivity index (χ0) is 27.9. The van der Waals surface area contributed by atoms with Crippen LogP contribution in [0.25, 0.3) is 55.0 Å². The summed E-state index contributed by atoms with van der Waals surface area (Å²) in [6, 6.07) is 57.7. The first-order valence-corrected chi connectivity index (χ1v) is 14.3. The van der Waals surface area contributed by atoms with Crippen molar-refractivity contribution in [2.45, 2.75) is 0 Å². The maximum Gasteiger partial charge on any atom is 0.143 e. The van der Waals surface area contributed by atoms with Gasteiger partial charge < -0.3 is 9.32 Å². The molecular weight excluding hydrogens is 510 g/mol. The van der Waals surface area contributed by atoms with Crippen LogP contribution in [-0.2, 0) is 0 Å². The van der Waals surface area contributed by atoms with Gasteiger partial charge in [-0.25, -0.2) is 0 Å². The molecule has 0 unspecified atom stereocenters. The lowest BCUT2D eigenvalue weighted by molar-refractivity contribution is 0.670. The Hall–Kier alpha value is -5.60. The fourth-order valence-electron chi connectivity index (χ4n) is 6.14. The Bertz CT molecular complexity index is 2120. The van der Waals surface area contributed by atoms with E-state index in [4.69, 9.17) is 4.42 Å². The second-order valence-corrected chi connectivity index (χ2v) is 10.5. The largest absolute Gasteiger partial charge is 0.455 e. The Balaban J connectivity index is 1.28. The molecule has 7 aromatic carbocycles. The zero-order valence-electron chi connectivity index (χ0n) is 22.9. The number of benzene rings is 7. The van der Waals surface area contributed by atoms with Gasteiger partial charge in [-0.2, -0.15) is 0 Å². The lowest BCUT2D eigenvalue weighted by Crippen LogP contribution is -2.09. The minimum Gasteiger partial charge on any atom is -0.455 e. The first-order valence-electron chi connectivity index (χ1n) is 14.3. The highest BCUT2D eigenvalue weighted by Gasteiger charge is 2.18. The first kappa shape index (κ1) is 24.2. The third kappa shape index (κ3) is 4.05. The van der Waals surface area contributed by atoms with Gasteiger partial charge >= 0.3 is 0 Å². The number of hydrogen-bond acceptors (Lipinski definition) is 2. The van der Waals surface area contributed by atoms with E-state index in [2.05, 4.69) is 169 Å². The molecule has 8 aromatic rings. The molecule has 0 aliphatic rings. The van der Waals surface area contributed by atoms with Crippen molar-refractivity contribution in [3.8, 4) is 22.3 Å². The molecule has 8 rings (SSSR count). The molecule has 0 saturated heterocycles. The molecule has 198 valence electrons. The van der Waals surface area contributed by atoms with E-state index < -0.39 is 0 Å². The Morgan fingerprint density at radius 3 is 1.57 bits per heavy atom. The zero-order valence-corrected chi connectivity index (χ0v) is 22.9. The van der Waals surface area contributed by atoms with Crippen molar-refractivity contribution in [3.05, 3.63) is 164 Å². The molecule has 0 aliphatic carbocycles. The van der Waals surface area contributed by atoms with E-state index in [0.29, 0.717) is 0 Å². The first-order chi connectivity index (χ1) is 20.8. The van der Waals surface area contributed by atoms with E-state index in [1.807, 2.05) is 0 Å². The predicted molar refractivity (Wildman–Crippen MR) is 177 cm³/mol. The number of fused-ring (bicyclic) bond motifs is 5. The number of furan rings is 1. The van der Waals surface area contributed by atoms with Gasteiger partial charge in [0.1, 0.15) is 11.2 Å². The summed E-state index contributed by atoms with van der Waals surface area (Å²) in [7, 11) is 0. The van der Waals surface area contributed by atoms with E-state index in [1.54, 1.807) is 0 Å². The molecule has 0 saturated carbocycles. The van der Waals surface area contributed by atoms with Crippen molar-refractivity contribution in [2.75, 3.05) is 4.90 Å². The molecule has 0 aliphatic heterocycles. The van der Waals surface area contributed by atoms with Gasteiger partial charge in [-0.3, -0.25) is 0 Å². The monoisotopic (exact) mass is 537 g/mol. The summed E-state index contributed by atoms with van der Waals surface area (Å²) >= 11 is 0. The van der Waals surface area contributed by atoms with Crippen LogP contribution in [0.15, 0.2) is 168 Å². The van der Waals surface area contributed by atoms with Crippen LogP contribution in [-0.4, -0.2) is 0 Å². The minimum atomic E-state index is 0.908. The molecule has 0 amide bonds. The number of hydrogen-bond donors (Lipinski definition) is 0. The van der Waals surface area contributed by atoms with E-state index in [0.717, 1.165) is 50.1 Å². The van der Waals surface area contributed by atoms with Crippen LogP contribution in [0.3, 0.4) is 0 Å². The maximum atomic E-state index is 6.71. The lowest BCUT2D eigenvalue weighted by Gasteiger charge is -2.25. The molecule has 0 bridgehead atoms. The summed E-state index contributed by atoms with van der Waals surface area (Å²) in [5.41, 5.74) is 9.76. The smallest absolute Gasteiger partial charge is 0.143 e. The van der Waals surface area contributed by atoms with E-state index in [9.17, 15) is 0 Å². The van der Waals surface area contributed by atoms with Crippen molar-refractivity contribution < 1.29 is 4.42 Å². The van der Waals surface area contributed by atoms with Crippen LogP contribution >= 0.6 is 0 Å². The topological polar surface area (TPSA) is 16.4 Å². The Kier molecular flexibility index (Phi) is 5.82. The average Bonchev–Trinajstić information content (AvgIpc) is 3.45. The highest BCUT2D eigenvalue weighted by atomic mass is 16.3. The van der Waals surface area contributed by atoms with Crippen molar-refractivity contribution >= 4 is 49.8 Å². The van der Waals surface area contributed by atoms with Gasteiger partial charge in [0.2, 0.25) is 0 Å². The fourth-order valence-corrected chi connectivity index (χ4v) is 6.14. The van der Waals surface area contributed by atoms with Crippen LogP contribution in [0.1, 0.15) is 0 Å². The second kappa shape index (κ2) is 10.1. The minimum absolute atomic E-state index is 0.908. The fraction of sp³-hybridized carbons (Fsp3) is 0. The molecule has 1 aromatic heterocycles.